The minimum absolute atomic E-state index is 0.0882. The van der Waals surface area contributed by atoms with Crippen molar-refractivity contribution in [1.82, 2.24) is 0 Å². The number of esters is 1. The fourth-order valence-electron chi connectivity index (χ4n) is 6.00. The lowest BCUT2D eigenvalue weighted by molar-refractivity contribution is -0.870. The lowest BCUT2D eigenvalue weighted by Crippen LogP contribution is -2.37. The Morgan fingerprint density at radius 2 is 1.00 bits per heavy atom. The predicted molar refractivity (Wildman–Crippen MR) is 224 cm³/mol. The number of phosphoric acid groups is 1. The molecule has 0 aromatic carbocycles. The second kappa shape index (κ2) is 37.9. The number of quaternary nitrogens is 1. The molecule has 2 atom stereocenters. The van der Waals surface area contributed by atoms with Crippen molar-refractivity contribution >= 4 is 13.8 Å². The quantitative estimate of drug-likeness (QED) is 0.0217. The van der Waals surface area contributed by atoms with Gasteiger partial charge < -0.3 is 18.9 Å². The SMILES string of the molecule is CCCC/C=C\CCCCCCCCOCC(COP(=O)(O)OCC[N+](C)(C)C)OC(=O)CCCCCCCCCCC/C=C\CCCCCCCC. The first-order valence-electron chi connectivity index (χ1n) is 22.1. The molecule has 0 fully saturated rings. The fraction of sp³-hybridized carbons (Fsp3) is 0.886. The van der Waals surface area contributed by atoms with Gasteiger partial charge in [0.15, 0.2) is 0 Å². The van der Waals surface area contributed by atoms with Crippen LogP contribution in [0.15, 0.2) is 24.3 Å². The zero-order valence-corrected chi connectivity index (χ0v) is 36.4. The third-order valence-corrected chi connectivity index (χ3v) is 10.5. The Morgan fingerprint density at radius 3 is 1.49 bits per heavy atom. The highest BCUT2D eigenvalue weighted by Gasteiger charge is 2.26. The van der Waals surface area contributed by atoms with Gasteiger partial charge in [-0.1, -0.05) is 154 Å². The van der Waals surface area contributed by atoms with E-state index in [-0.39, 0.29) is 25.8 Å². The Bertz CT molecular complexity index is 905. The summed E-state index contributed by atoms with van der Waals surface area (Å²) < 4.78 is 35.0. The first kappa shape index (κ1) is 52.0. The van der Waals surface area contributed by atoms with Crippen molar-refractivity contribution < 1.29 is 37.3 Å². The number of hydrogen-bond acceptors (Lipinski definition) is 6. The molecule has 0 aliphatic rings. The molecule has 314 valence electrons. The van der Waals surface area contributed by atoms with E-state index in [4.69, 9.17) is 18.5 Å². The number of hydrogen-bond donors (Lipinski definition) is 1. The van der Waals surface area contributed by atoms with Crippen molar-refractivity contribution in [3.63, 3.8) is 0 Å². The van der Waals surface area contributed by atoms with Crippen molar-refractivity contribution in [1.29, 1.82) is 0 Å². The minimum atomic E-state index is -4.27. The number of likely N-dealkylation sites (N-methyl/N-ethyl adjacent to an activating group) is 1. The monoisotopic (exact) mass is 773 g/mol. The highest BCUT2D eigenvalue weighted by atomic mass is 31.2. The molecule has 0 aromatic rings. The molecule has 1 N–H and O–H groups in total. The Balaban J connectivity index is 4.19. The van der Waals surface area contributed by atoms with Gasteiger partial charge >= 0.3 is 13.8 Å². The van der Waals surface area contributed by atoms with E-state index in [9.17, 15) is 14.3 Å². The van der Waals surface area contributed by atoms with E-state index in [2.05, 4.69) is 38.2 Å². The maximum Gasteiger partial charge on any atom is 0.472 e. The third kappa shape index (κ3) is 42.0. The minimum Gasteiger partial charge on any atom is -0.457 e. The summed E-state index contributed by atoms with van der Waals surface area (Å²) in [7, 11) is 1.67. The van der Waals surface area contributed by atoms with Crippen LogP contribution in [0.4, 0.5) is 0 Å². The van der Waals surface area contributed by atoms with Gasteiger partial charge in [-0.15, -0.1) is 0 Å². The topological polar surface area (TPSA) is 91.3 Å². The second-order valence-corrected chi connectivity index (χ2v) is 17.5. The molecule has 8 nitrogen and oxygen atoms in total. The van der Waals surface area contributed by atoms with Gasteiger partial charge in [0.05, 0.1) is 34.4 Å². The Morgan fingerprint density at radius 1 is 0.566 bits per heavy atom. The van der Waals surface area contributed by atoms with E-state index in [0.29, 0.717) is 24.1 Å². The summed E-state index contributed by atoms with van der Waals surface area (Å²) in [6, 6.07) is 0. The van der Waals surface area contributed by atoms with Crippen LogP contribution in [0.5, 0.6) is 0 Å². The maximum absolute atomic E-state index is 12.7. The summed E-state index contributed by atoms with van der Waals surface area (Å²) in [4.78, 5) is 22.9. The Hall–Kier alpha value is -1.02. The maximum atomic E-state index is 12.7. The molecule has 0 aromatic heterocycles. The van der Waals surface area contributed by atoms with E-state index in [0.717, 1.165) is 32.1 Å². The third-order valence-electron chi connectivity index (χ3n) is 9.49. The van der Waals surface area contributed by atoms with Crippen molar-refractivity contribution in [2.24, 2.45) is 0 Å². The highest BCUT2D eigenvalue weighted by Crippen LogP contribution is 2.43. The molecule has 0 amide bonds. The Kier molecular flexibility index (Phi) is 37.2. The molecule has 0 aliphatic heterocycles. The molecule has 53 heavy (non-hydrogen) atoms. The number of nitrogens with zero attached hydrogens (tertiary/aromatic N) is 1. The molecule has 0 spiro atoms. The lowest BCUT2D eigenvalue weighted by atomic mass is 10.1. The van der Waals surface area contributed by atoms with Crippen LogP contribution in [0.3, 0.4) is 0 Å². The summed E-state index contributed by atoms with van der Waals surface area (Å²) in [6.45, 7) is 5.59. The normalized spacial score (nSPS) is 14.0. The lowest BCUT2D eigenvalue weighted by Gasteiger charge is -2.24. The number of phosphoric ester groups is 1. The average molecular weight is 773 g/mol. The van der Waals surface area contributed by atoms with E-state index < -0.39 is 13.9 Å². The van der Waals surface area contributed by atoms with E-state index in [1.807, 2.05) is 21.1 Å². The van der Waals surface area contributed by atoms with Crippen LogP contribution in [0.2, 0.25) is 0 Å². The smallest absolute Gasteiger partial charge is 0.457 e. The standard InChI is InChI=1S/C44H86NO7P/c1-6-8-10-12-14-16-18-20-21-22-23-24-25-26-27-29-31-33-35-37-44(46)52-43(42-51-53(47,48)50-40-38-45(3,4)5)41-49-39-36-34-32-30-28-19-17-15-13-11-9-7-2/h13,15,20-21,43H,6-12,14,16-19,22-42H2,1-5H3/p+1/b15-13-,21-20-. The predicted octanol–water partition coefficient (Wildman–Crippen LogP) is 12.8. The molecule has 0 bridgehead atoms. The summed E-state index contributed by atoms with van der Waals surface area (Å²) in [5.74, 6) is -0.317. The number of unbranched alkanes of at least 4 members (excludes halogenated alkanes) is 23. The molecule has 0 saturated heterocycles. The fourth-order valence-corrected chi connectivity index (χ4v) is 6.74. The van der Waals surface area contributed by atoms with Crippen molar-refractivity contribution in [3.05, 3.63) is 24.3 Å². The van der Waals surface area contributed by atoms with Crippen LogP contribution in [-0.2, 0) is 27.9 Å². The molecule has 0 saturated carbocycles. The van der Waals surface area contributed by atoms with Gasteiger partial charge in [-0.05, 0) is 57.8 Å². The number of rotatable bonds is 41. The number of allylic oxidation sites excluding steroid dienone is 4. The number of carbonyl (C=O) groups excluding carboxylic acids is 1. The molecule has 0 aliphatic carbocycles. The molecule has 0 radical (unpaired) electrons. The van der Waals surface area contributed by atoms with Gasteiger partial charge in [-0.3, -0.25) is 13.8 Å². The first-order valence-corrected chi connectivity index (χ1v) is 23.6. The largest absolute Gasteiger partial charge is 0.472 e. The van der Waals surface area contributed by atoms with Gasteiger partial charge in [-0.25, -0.2) is 4.57 Å². The van der Waals surface area contributed by atoms with Crippen molar-refractivity contribution in [2.45, 2.75) is 200 Å². The summed E-state index contributed by atoms with van der Waals surface area (Å²) >= 11 is 0. The van der Waals surface area contributed by atoms with Gasteiger partial charge in [0.25, 0.3) is 0 Å². The van der Waals surface area contributed by atoms with Gasteiger partial charge in [0, 0.05) is 13.0 Å². The summed E-state index contributed by atoms with van der Waals surface area (Å²) in [5.41, 5.74) is 0. The Labute approximate surface area is 328 Å². The van der Waals surface area contributed by atoms with Gasteiger partial charge in [0.2, 0.25) is 0 Å². The molecule has 0 rings (SSSR count). The van der Waals surface area contributed by atoms with E-state index in [1.54, 1.807) is 0 Å². The molecule has 2 unspecified atom stereocenters. The highest BCUT2D eigenvalue weighted by molar-refractivity contribution is 7.47. The zero-order chi connectivity index (χ0) is 39.1. The first-order chi connectivity index (χ1) is 25.6. The van der Waals surface area contributed by atoms with Crippen LogP contribution >= 0.6 is 7.82 Å². The van der Waals surface area contributed by atoms with Crippen molar-refractivity contribution in [2.75, 3.05) is 54.1 Å². The summed E-state index contributed by atoms with van der Waals surface area (Å²) in [5, 5.41) is 0. The number of ether oxygens (including phenoxy) is 2. The van der Waals surface area contributed by atoms with Crippen LogP contribution in [0.25, 0.3) is 0 Å². The van der Waals surface area contributed by atoms with E-state index in [1.165, 1.54) is 141 Å². The number of carbonyl (C=O) groups is 1. The average Bonchev–Trinajstić information content (AvgIpc) is 3.11. The second-order valence-electron chi connectivity index (χ2n) is 16.1. The molecular weight excluding hydrogens is 685 g/mol. The van der Waals surface area contributed by atoms with Gasteiger partial charge in [0.1, 0.15) is 19.3 Å². The van der Waals surface area contributed by atoms with Gasteiger partial charge in [-0.2, -0.15) is 0 Å². The van der Waals surface area contributed by atoms with Crippen LogP contribution in [0.1, 0.15) is 194 Å². The molecular formula is C44H87NO7P+. The van der Waals surface area contributed by atoms with Crippen LogP contribution in [0, 0.1) is 0 Å². The van der Waals surface area contributed by atoms with Crippen molar-refractivity contribution in [3.8, 4) is 0 Å². The molecule has 0 heterocycles. The van der Waals surface area contributed by atoms with Crippen LogP contribution < -0.4 is 0 Å². The van der Waals surface area contributed by atoms with E-state index >= 15 is 0 Å². The zero-order valence-electron chi connectivity index (χ0n) is 35.5. The van der Waals surface area contributed by atoms with Crippen LogP contribution in [-0.4, -0.2) is 75.6 Å². The summed E-state index contributed by atoms with van der Waals surface area (Å²) in [6.07, 6.45) is 42.0. The molecule has 9 heteroatoms.